The van der Waals surface area contributed by atoms with Crippen molar-refractivity contribution in [1.29, 1.82) is 0 Å². The molecule has 1 unspecified atom stereocenters. The van der Waals surface area contributed by atoms with E-state index in [0.29, 0.717) is 19.0 Å². The van der Waals surface area contributed by atoms with Gasteiger partial charge in [-0.3, -0.25) is 9.69 Å². The summed E-state index contributed by atoms with van der Waals surface area (Å²) in [6.45, 7) is 5.73. The van der Waals surface area contributed by atoms with Gasteiger partial charge in [0.05, 0.1) is 13.1 Å². The molecule has 0 aromatic heterocycles. The zero-order chi connectivity index (χ0) is 10.7. The summed E-state index contributed by atoms with van der Waals surface area (Å²) in [6.07, 6.45) is 0.857. The Morgan fingerprint density at radius 3 is 2.71 bits per heavy atom. The minimum Gasteiger partial charge on any atom is -0.340 e. The van der Waals surface area contributed by atoms with E-state index in [1.807, 2.05) is 11.9 Å². The average Bonchev–Trinajstić information content (AvgIpc) is 2.11. The number of hydrogen-bond acceptors (Lipinski definition) is 3. The number of hydrogen-bond donors (Lipinski definition) is 0. The van der Waals surface area contributed by atoms with E-state index in [9.17, 15) is 9.59 Å². The van der Waals surface area contributed by atoms with Gasteiger partial charge >= 0.3 is 0 Å². The van der Waals surface area contributed by atoms with Gasteiger partial charge in [-0.2, -0.15) is 0 Å². The van der Waals surface area contributed by atoms with Gasteiger partial charge in [0, 0.05) is 19.6 Å². The number of piperazine rings is 1. The monoisotopic (exact) mass is 198 g/mol. The zero-order valence-corrected chi connectivity index (χ0v) is 9.06. The Kier molecular flexibility index (Phi) is 3.63. The highest BCUT2D eigenvalue weighted by Gasteiger charge is 2.31. The van der Waals surface area contributed by atoms with Gasteiger partial charge in [0.15, 0.2) is 0 Å². The summed E-state index contributed by atoms with van der Waals surface area (Å²) in [5, 5.41) is 0. The van der Waals surface area contributed by atoms with Crippen LogP contribution < -0.4 is 0 Å². The lowest BCUT2D eigenvalue weighted by molar-refractivity contribution is -0.139. The molecule has 4 nitrogen and oxygen atoms in total. The van der Waals surface area contributed by atoms with Crippen molar-refractivity contribution in [2.45, 2.75) is 19.9 Å². The Bertz CT molecular complexity index is 228. The second kappa shape index (κ2) is 4.55. The fourth-order valence-corrected chi connectivity index (χ4v) is 1.84. The number of nitrogens with zero attached hydrogens (tertiary/aromatic N) is 2. The Balaban J connectivity index is 2.66. The highest BCUT2D eigenvalue weighted by molar-refractivity contribution is 5.79. The Hall–Kier alpha value is -0.900. The maximum Gasteiger partial charge on any atom is 0.236 e. The summed E-state index contributed by atoms with van der Waals surface area (Å²) in [7, 11) is 1.84. The highest BCUT2D eigenvalue weighted by atomic mass is 16.2. The van der Waals surface area contributed by atoms with Crippen molar-refractivity contribution in [3.8, 4) is 0 Å². The van der Waals surface area contributed by atoms with Gasteiger partial charge in [-0.1, -0.05) is 13.8 Å². The van der Waals surface area contributed by atoms with Gasteiger partial charge in [0.25, 0.3) is 0 Å². The van der Waals surface area contributed by atoms with Gasteiger partial charge < -0.3 is 9.69 Å². The smallest absolute Gasteiger partial charge is 0.236 e. The fraction of sp³-hybridized carbons (Fsp3) is 0.800. The first kappa shape index (κ1) is 11.2. The lowest BCUT2D eigenvalue weighted by Crippen LogP contribution is -2.56. The zero-order valence-electron chi connectivity index (χ0n) is 9.06. The summed E-state index contributed by atoms with van der Waals surface area (Å²) < 4.78 is 0. The van der Waals surface area contributed by atoms with Crippen molar-refractivity contribution in [2.75, 3.05) is 26.7 Å². The quantitative estimate of drug-likeness (QED) is 0.599. The molecule has 0 spiro atoms. The molecule has 1 saturated heterocycles. The van der Waals surface area contributed by atoms with Crippen LogP contribution in [0, 0.1) is 5.92 Å². The van der Waals surface area contributed by atoms with Crippen molar-refractivity contribution >= 4 is 12.2 Å². The molecule has 4 heteroatoms. The molecule has 0 aromatic carbocycles. The van der Waals surface area contributed by atoms with E-state index in [2.05, 4.69) is 13.8 Å². The summed E-state index contributed by atoms with van der Waals surface area (Å²) in [4.78, 5) is 25.6. The van der Waals surface area contributed by atoms with Crippen LogP contribution in [-0.4, -0.2) is 54.7 Å². The van der Waals surface area contributed by atoms with Crippen LogP contribution in [0.4, 0.5) is 0 Å². The molecule has 0 N–H and O–H groups in total. The van der Waals surface area contributed by atoms with Crippen LogP contribution in [0.5, 0.6) is 0 Å². The predicted molar refractivity (Wildman–Crippen MR) is 53.9 cm³/mol. The third-order valence-electron chi connectivity index (χ3n) is 2.80. The molecule has 1 aliphatic rings. The summed E-state index contributed by atoms with van der Waals surface area (Å²) in [5.41, 5.74) is 0. The number of likely N-dealkylation sites (N-methyl/N-ethyl adjacent to an activating group) is 1. The summed E-state index contributed by atoms with van der Waals surface area (Å²) >= 11 is 0. The maximum absolute atomic E-state index is 11.6. The molecular weight excluding hydrogens is 180 g/mol. The fourth-order valence-electron chi connectivity index (χ4n) is 1.84. The summed E-state index contributed by atoms with van der Waals surface area (Å²) in [5.74, 6) is 0.537. The predicted octanol–water partition coefficient (Wildman–Crippen LogP) is -0.0161. The van der Waals surface area contributed by atoms with Gasteiger partial charge in [-0.05, 0) is 5.92 Å². The van der Waals surface area contributed by atoms with Crippen molar-refractivity contribution in [3.63, 3.8) is 0 Å². The molecule has 1 rings (SSSR count). The molecule has 0 aromatic rings. The first-order chi connectivity index (χ1) is 6.56. The van der Waals surface area contributed by atoms with Crippen LogP contribution in [0.1, 0.15) is 13.8 Å². The van der Waals surface area contributed by atoms with Gasteiger partial charge in [0.2, 0.25) is 5.91 Å². The largest absolute Gasteiger partial charge is 0.340 e. The van der Waals surface area contributed by atoms with Crippen LogP contribution in [0.2, 0.25) is 0 Å². The first-order valence-corrected chi connectivity index (χ1v) is 4.98. The Morgan fingerprint density at radius 2 is 2.21 bits per heavy atom. The van der Waals surface area contributed by atoms with E-state index >= 15 is 0 Å². The van der Waals surface area contributed by atoms with Crippen molar-refractivity contribution < 1.29 is 9.59 Å². The molecule has 14 heavy (non-hydrogen) atoms. The van der Waals surface area contributed by atoms with Crippen LogP contribution in [-0.2, 0) is 9.59 Å². The maximum atomic E-state index is 11.6. The molecule has 1 fully saturated rings. The van der Waals surface area contributed by atoms with E-state index in [-0.39, 0.29) is 11.9 Å². The average molecular weight is 198 g/mol. The van der Waals surface area contributed by atoms with E-state index < -0.39 is 0 Å². The Labute approximate surface area is 84.9 Å². The SMILES string of the molecule is CC(C)C1CN(CC=O)CC(=O)N1C. The number of rotatable bonds is 3. The molecule has 80 valence electrons. The molecule has 1 atom stereocenters. The van der Waals surface area contributed by atoms with Crippen molar-refractivity contribution in [3.05, 3.63) is 0 Å². The first-order valence-electron chi connectivity index (χ1n) is 4.98. The van der Waals surface area contributed by atoms with Gasteiger partial charge in [0.1, 0.15) is 6.29 Å². The lowest BCUT2D eigenvalue weighted by atomic mass is 10.00. The highest BCUT2D eigenvalue weighted by Crippen LogP contribution is 2.15. The number of amides is 1. The minimum atomic E-state index is 0.108. The van der Waals surface area contributed by atoms with Crippen LogP contribution in [0.15, 0.2) is 0 Å². The number of carbonyl (C=O) groups is 2. The third-order valence-corrected chi connectivity index (χ3v) is 2.80. The summed E-state index contributed by atoms with van der Waals surface area (Å²) in [6, 6.07) is 0.233. The second-order valence-corrected chi connectivity index (χ2v) is 4.18. The van der Waals surface area contributed by atoms with E-state index in [4.69, 9.17) is 0 Å². The minimum absolute atomic E-state index is 0.108. The molecule has 0 aliphatic carbocycles. The second-order valence-electron chi connectivity index (χ2n) is 4.18. The number of aldehydes is 1. The normalized spacial score (nSPS) is 24.4. The van der Waals surface area contributed by atoms with E-state index in [1.165, 1.54) is 0 Å². The van der Waals surface area contributed by atoms with Crippen molar-refractivity contribution in [1.82, 2.24) is 9.80 Å². The lowest BCUT2D eigenvalue weighted by Gasteiger charge is -2.40. The van der Waals surface area contributed by atoms with E-state index in [1.54, 1.807) is 4.90 Å². The van der Waals surface area contributed by atoms with Gasteiger partial charge in [-0.15, -0.1) is 0 Å². The van der Waals surface area contributed by atoms with Gasteiger partial charge in [-0.25, -0.2) is 0 Å². The molecule has 1 amide bonds. The van der Waals surface area contributed by atoms with Crippen molar-refractivity contribution in [2.24, 2.45) is 5.92 Å². The van der Waals surface area contributed by atoms with Crippen LogP contribution in [0.3, 0.4) is 0 Å². The van der Waals surface area contributed by atoms with E-state index in [0.717, 1.165) is 12.8 Å². The third kappa shape index (κ3) is 2.32. The molecule has 1 heterocycles. The molecule has 0 radical (unpaired) electrons. The molecule has 0 saturated carbocycles. The Morgan fingerprint density at radius 1 is 1.57 bits per heavy atom. The standard InChI is InChI=1S/C10H18N2O2/c1-8(2)9-6-12(4-5-13)7-10(14)11(9)3/h5,8-9H,4,6-7H2,1-3H3. The topological polar surface area (TPSA) is 40.6 Å². The molecular formula is C10H18N2O2. The number of carbonyl (C=O) groups excluding carboxylic acids is 2. The van der Waals surface area contributed by atoms with Crippen LogP contribution in [0.25, 0.3) is 0 Å². The molecule has 0 bridgehead atoms. The van der Waals surface area contributed by atoms with Crippen LogP contribution >= 0.6 is 0 Å². The molecule has 1 aliphatic heterocycles.